The Morgan fingerprint density at radius 1 is 1.25 bits per heavy atom. The molecule has 0 atom stereocenters. The number of carbonyl (C=O) groups is 3. The van der Waals surface area contributed by atoms with E-state index in [0.29, 0.717) is 0 Å². The van der Waals surface area contributed by atoms with Crippen LogP contribution in [0.5, 0.6) is 0 Å². The van der Waals surface area contributed by atoms with E-state index in [2.05, 4.69) is 26.6 Å². The second-order valence-corrected chi connectivity index (χ2v) is 7.07. The number of carbonyl (C=O) groups excluding carboxylic acids is 3. The maximum absolute atomic E-state index is 11.6. The number of rotatable bonds is 4. The zero-order valence-electron chi connectivity index (χ0n) is 14.1. The van der Waals surface area contributed by atoms with Crippen molar-refractivity contribution in [2.75, 3.05) is 6.61 Å². The van der Waals surface area contributed by atoms with Gasteiger partial charge in [0.25, 0.3) is 5.91 Å². The van der Waals surface area contributed by atoms with E-state index in [0.717, 1.165) is 15.6 Å². The summed E-state index contributed by atoms with van der Waals surface area (Å²) in [5.74, 6) is -1.37. The SMILES string of the molecule is Cc1ccc(/C=C/C(=O)OCC(=O)NC(=O)NC(C)(C)C)c(Br)c1. The molecule has 130 valence electrons. The van der Waals surface area contributed by atoms with Crippen molar-refractivity contribution in [2.45, 2.75) is 33.2 Å². The summed E-state index contributed by atoms with van der Waals surface area (Å²) >= 11 is 3.40. The zero-order valence-corrected chi connectivity index (χ0v) is 15.7. The minimum Gasteiger partial charge on any atom is -0.452 e. The van der Waals surface area contributed by atoms with E-state index in [1.807, 2.05) is 25.1 Å². The lowest BCUT2D eigenvalue weighted by molar-refractivity contribution is -0.143. The highest BCUT2D eigenvalue weighted by Gasteiger charge is 2.16. The first kappa shape index (κ1) is 19.9. The molecule has 0 fully saturated rings. The van der Waals surface area contributed by atoms with Crippen molar-refractivity contribution in [1.29, 1.82) is 0 Å². The number of urea groups is 1. The molecule has 0 saturated carbocycles. The van der Waals surface area contributed by atoms with Crippen LogP contribution in [-0.4, -0.2) is 30.1 Å². The number of esters is 1. The summed E-state index contributed by atoms with van der Waals surface area (Å²) in [5.41, 5.74) is 1.43. The topological polar surface area (TPSA) is 84.5 Å². The van der Waals surface area contributed by atoms with Crippen molar-refractivity contribution in [1.82, 2.24) is 10.6 Å². The molecule has 2 N–H and O–H groups in total. The van der Waals surface area contributed by atoms with Gasteiger partial charge in [-0.15, -0.1) is 0 Å². The third-order valence-electron chi connectivity index (χ3n) is 2.64. The van der Waals surface area contributed by atoms with Crippen molar-refractivity contribution in [3.63, 3.8) is 0 Å². The molecule has 24 heavy (non-hydrogen) atoms. The molecule has 0 aliphatic heterocycles. The van der Waals surface area contributed by atoms with Crippen LogP contribution in [-0.2, 0) is 14.3 Å². The van der Waals surface area contributed by atoms with E-state index in [1.54, 1.807) is 26.8 Å². The van der Waals surface area contributed by atoms with Crippen molar-refractivity contribution in [3.8, 4) is 0 Å². The van der Waals surface area contributed by atoms with Gasteiger partial charge < -0.3 is 10.1 Å². The molecule has 0 radical (unpaired) electrons. The molecule has 0 unspecified atom stereocenters. The summed E-state index contributed by atoms with van der Waals surface area (Å²) < 4.78 is 5.64. The van der Waals surface area contributed by atoms with Gasteiger partial charge in [-0.25, -0.2) is 9.59 Å². The van der Waals surface area contributed by atoms with Crippen LogP contribution >= 0.6 is 15.9 Å². The number of nitrogens with one attached hydrogen (secondary N) is 2. The Morgan fingerprint density at radius 3 is 2.50 bits per heavy atom. The Labute approximate surface area is 149 Å². The molecular weight excluding hydrogens is 376 g/mol. The second kappa shape index (κ2) is 8.63. The first-order chi connectivity index (χ1) is 11.1. The number of hydrogen-bond donors (Lipinski definition) is 2. The Hall–Kier alpha value is -2.15. The highest BCUT2D eigenvalue weighted by atomic mass is 79.9. The van der Waals surface area contributed by atoms with Crippen molar-refractivity contribution in [3.05, 3.63) is 39.9 Å². The Morgan fingerprint density at radius 2 is 1.92 bits per heavy atom. The Balaban J connectivity index is 2.44. The van der Waals surface area contributed by atoms with E-state index < -0.39 is 30.1 Å². The lowest BCUT2D eigenvalue weighted by atomic mass is 10.1. The van der Waals surface area contributed by atoms with Crippen LogP contribution in [0.1, 0.15) is 31.9 Å². The van der Waals surface area contributed by atoms with Gasteiger partial charge in [0.15, 0.2) is 6.61 Å². The van der Waals surface area contributed by atoms with Crippen LogP contribution in [0.4, 0.5) is 4.79 Å². The molecule has 6 nitrogen and oxygen atoms in total. The molecule has 0 heterocycles. The van der Waals surface area contributed by atoms with Gasteiger partial charge in [-0.1, -0.05) is 28.1 Å². The van der Waals surface area contributed by atoms with Crippen LogP contribution in [0.3, 0.4) is 0 Å². The van der Waals surface area contributed by atoms with Crippen LogP contribution < -0.4 is 10.6 Å². The fourth-order valence-corrected chi connectivity index (χ4v) is 2.27. The summed E-state index contributed by atoms with van der Waals surface area (Å²) in [5, 5.41) is 4.65. The van der Waals surface area contributed by atoms with Crippen LogP contribution in [0, 0.1) is 6.92 Å². The highest BCUT2D eigenvalue weighted by Crippen LogP contribution is 2.19. The van der Waals surface area contributed by atoms with Crippen molar-refractivity contribution in [2.24, 2.45) is 0 Å². The number of hydrogen-bond acceptors (Lipinski definition) is 4. The van der Waals surface area contributed by atoms with E-state index in [9.17, 15) is 14.4 Å². The minimum absolute atomic E-state index is 0.467. The highest BCUT2D eigenvalue weighted by molar-refractivity contribution is 9.10. The summed E-state index contributed by atoms with van der Waals surface area (Å²) in [4.78, 5) is 34.6. The van der Waals surface area contributed by atoms with Gasteiger partial charge in [0.2, 0.25) is 0 Å². The number of halogens is 1. The molecule has 1 rings (SSSR count). The summed E-state index contributed by atoms with van der Waals surface area (Å²) in [6, 6.07) is 5.05. The molecular formula is C17H21BrN2O4. The predicted molar refractivity (Wildman–Crippen MR) is 95.3 cm³/mol. The molecule has 7 heteroatoms. The van der Waals surface area contributed by atoms with E-state index >= 15 is 0 Å². The number of imide groups is 1. The molecule has 1 aromatic rings. The summed E-state index contributed by atoms with van der Waals surface area (Å²) in [7, 11) is 0. The average molecular weight is 397 g/mol. The molecule has 0 spiro atoms. The standard InChI is InChI=1S/C17H21BrN2O4/c1-11-5-6-12(13(18)9-11)7-8-15(22)24-10-14(21)19-16(23)20-17(2,3)4/h5-9H,10H2,1-4H3,(H2,19,20,21,23)/b8-7+. The van der Waals surface area contributed by atoms with Gasteiger partial charge in [0, 0.05) is 16.1 Å². The minimum atomic E-state index is -0.699. The fraction of sp³-hybridized carbons (Fsp3) is 0.353. The molecule has 0 aliphatic carbocycles. The van der Waals surface area contributed by atoms with Crippen LogP contribution in [0.15, 0.2) is 28.7 Å². The number of amides is 3. The lowest BCUT2D eigenvalue weighted by Gasteiger charge is -2.20. The molecule has 0 bridgehead atoms. The van der Waals surface area contributed by atoms with Gasteiger partial charge in [-0.3, -0.25) is 10.1 Å². The summed E-state index contributed by atoms with van der Waals surface area (Å²) in [6.07, 6.45) is 2.80. The predicted octanol–water partition coefficient (Wildman–Crippen LogP) is 2.94. The van der Waals surface area contributed by atoms with E-state index in [1.165, 1.54) is 6.08 Å². The molecule has 0 aromatic heterocycles. The van der Waals surface area contributed by atoms with E-state index in [-0.39, 0.29) is 0 Å². The van der Waals surface area contributed by atoms with Crippen molar-refractivity contribution < 1.29 is 19.1 Å². The van der Waals surface area contributed by atoms with Gasteiger partial charge in [0.05, 0.1) is 0 Å². The van der Waals surface area contributed by atoms with Gasteiger partial charge in [-0.05, 0) is 51.0 Å². The first-order valence-corrected chi connectivity index (χ1v) is 8.09. The lowest BCUT2D eigenvalue weighted by Crippen LogP contribution is -2.49. The summed E-state index contributed by atoms with van der Waals surface area (Å²) in [6.45, 7) is 6.78. The molecule has 0 aliphatic rings. The zero-order chi connectivity index (χ0) is 18.3. The quantitative estimate of drug-likeness (QED) is 0.605. The maximum atomic E-state index is 11.6. The maximum Gasteiger partial charge on any atom is 0.331 e. The van der Waals surface area contributed by atoms with Gasteiger partial charge >= 0.3 is 12.0 Å². The smallest absolute Gasteiger partial charge is 0.331 e. The third-order valence-corrected chi connectivity index (χ3v) is 3.33. The third kappa shape index (κ3) is 7.92. The average Bonchev–Trinajstić information content (AvgIpc) is 2.42. The van der Waals surface area contributed by atoms with Crippen molar-refractivity contribution >= 4 is 39.9 Å². The van der Waals surface area contributed by atoms with Gasteiger partial charge in [0.1, 0.15) is 0 Å². The van der Waals surface area contributed by atoms with Crippen LogP contribution in [0.25, 0.3) is 6.08 Å². The number of benzene rings is 1. The number of ether oxygens (including phenoxy) is 1. The first-order valence-electron chi connectivity index (χ1n) is 7.30. The monoisotopic (exact) mass is 396 g/mol. The fourth-order valence-electron chi connectivity index (χ4n) is 1.64. The Kier molecular flexibility index (Phi) is 7.16. The molecule has 0 saturated heterocycles. The molecule has 1 aromatic carbocycles. The normalized spacial score (nSPS) is 11.2. The second-order valence-electron chi connectivity index (χ2n) is 6.22. The molecule has 3 amide bonds. The van der Waals surface area contributed by atoms with Crippen LogP contribution in [0.2, 0.25) is 0 Å². The Bertz CT molecular complexity index is 663. The van der Waals surface area contributed by atoms with E-state index in [4.69, 9.17) is 4.74 Å². The largest absolute Gasteiger partial charge is 0.452 e. The number of aryl methyl sites for hydroxylation is 1. The van der Waals surface area contributed by atoms with Gasteiger partial charge in [-0.2, -0.15) is 0 Å².